The van der Waals surface area contributed by atoms with E-state index in [1.54, 1.807) is 35.1 Å². The minimum Gasteiger partial charge on any atom is -0.375 e. The predicted octanol–water partition coefficient (Wildman–Crippen LogP) is 2.01. The molecule has 5 N–H and O–H groups in total. The average Bonchev–Trinajstić information content (AvgIpc) is 3.05. The Kier molecular flexibility index (Phi) is 5.75. The summed E-state index contributed by atoms with van der Waals surface area (Å²) in [5, 5.41) is 14.3. The number of nitrogens with one attached hydrogen (secondary N) is 1. The summed E-state index contributed by atoms with van der Waals surface area (Å²) in [6.45, 7) is 0. The van der Waals surface area contributed by atoms with Crippen LogP contribution in [0, 0.1) is 0 Å². The molecule has 0 fully saturated rings. The van der Waals surface area contributed by atoms with E-state index in [-0.39, 0.29) is 10.0 Å². The molecule has 144 valence electrons. The fraction of sp³-hybridized carbons (Fsp3) is 0. The molecule has 0 saturated carbocycles. The number of halogens is 1. The molecule has 8 nitrogen and oxygen atoms in total. The SMILES string of the molecule is NC(=S)N/N=C/c1cn(-c2ccc(S(N)(=O)=O)cc2)nc1-c1ccc(Cl)cc1. The van der Waals surface area contributed by atoms with Crippen molar-refractivity contribution in [1.82, 2.24) is 15.2 Å². The highest BCUT2D eigenvalue weighted by molar-refractivity contribution is 7.89. The zero-order chi connectivity index (χ0) is 20.3. The van der Waals surface area contributed by atoms with Crippen molar-refractivity contribution in [3.8, 4) is 16.9 Å². The molecule has 3 aromatic rings. The number of sulfonamides is 1. The molecule has 0 aliphatic carbocycles. The van der Waals surface area contributed by atoms with Gasteiger partial charge in [-0.3, -0.25) is 5.43 Å². The number of hydrazone groups is 1. The molecule has 1 heterocycles. The highest BCUT2D eigenvalue weighted by Gasteiger charge is 2.13. The lowest BCUT2D eigenvalue weighted by Gasteiger charge is -2.03. The first-order valence-corrected chi connectivity index (χ1v) is 10.1. The fourth-order valence-corrected chi connectivity index (χ4v) is 3.09. The van der Waals surface area contributed by atoms with E-state index in [9.17, 15) is 8.42 Å². The quantitative estimate of drug-likeness (QED) is 0.320. The maximum Gasteiger partial charge on any atom is 0.238 e. The molecule has 0 atom stereocenters. The molecule has 1 aromatic heterocycles. The molecule has 0 aliphatic heterocycles. The van der Waals surface area contributed by atoms with E-state index >= 15 is 0 Å². The van der Waals surface area contributed by atoms with Gasteiger partial charge in [0.2, 0.25) is 10.0 Å². The average molecular weight is 435 g/mol. The second-order valence-electron chi connectivity index (χ2n) is 5.66. The highest BCUT2D eigenvalue weighted by Crippen LogP contribution is 2.24. The lowest BCUT2D eigenvalue weighted by atomic mass is 10.1. The van der Waals surface area contributed by atoms with Gasteiger partial charge in [-0.25, -0.2) is 18.2 Å². The Morgan fingerprint density at radius 1 is 1.18 bits per heavy atom. The van der Waals surface area contributed by atoms with Gasteiger partial charge in [0, 0.05) is 22.3 Å². The molecule has 0 saturated heterocycles. The number of nitrogens with zero attached hydrogens (tertiary/aromatic N) is 3. The maximum atomic E-state index is 11.4. The number of rotatable bonds is 5. The van der Waals surface area contributed by atoms with Gasteiger partial charge in [-0.2, -0.15) is 10.2 Å². The normalized spacial score (nSPS) is 11.6. The van der Waals surface area contributed by atoms with E-state index in [0.717, 1.165) is 5.56 Å². The number of hydrogen-bond donors (Lipinski definition) is 3. The summed E-state index contributed by atoms with van der Waals surface area (Å²) in [7, 11) is -3.77. The van der Waals surface area contributed by atoms with E-state index in [1.165, 1.54) is 18.3 Å². The summed E-state index contributed by atoms with van der Waals surface area (Å²) >= 11 is 10.7. The van der Waals surface area contributed by atoms with Gasteiger partial charge in [0.1, 0.15) is 5.69 Å². The van der Waals surface area contributed by atoms with Crippen LogP contribution < -0.4 is 16.3 Å². The number of hydrogen-bond acceptors (Lipinski definition) is 5. The zero-order valence-electron chi connectivity index (χ0n) is 14.3. The summed E-state index contributed by atoms with van der Waals surface area (Å²) in [5.74, 6) is 0. The molecule has 0 amide bonds. The number of primary sulfonamides is 1. The van der Waals surface area contributed by atoms with Crippen molar-refractivity contribution in [2.75, 3.05) is 0 Å². The van der Waals surface area contributed by atoms with Crippen LogP contribution in [0.4, 0.5) is 0 Å². The number of nitrogens with two attached hydrogens (primary N) is 2. The van der Waals surface area contributed by atoms with Gasteiger partial charge < -0.3 is 5.73 Å². The summed E-state index contributed by atoms with van der Waals surface area (Å²) in [4.78, 5) is 0.0174. The summed E-state index contributed by atoms with van der Waals surface area (Å²) in [6.07, 6.45) is 3.27. The minimum absolute atomic E-state index is 0.0174. The Hall–Kier alpha value is -2.79. The van der Waals surface area contributed by atoms with Crippen LogP contribution >= 0.6 is 23.8 Å². The van der Waals surface area contributed by atoms with Crippen molar-refractivity contribution >= 4 is 45.2 Å². The van der Waals surface area contributed by atoms with Crippen LogP contribution in [0.1, 0.15) is 5.56 Å². The van der Waals surface area contributed by atoms with Crippen LogP contribution in [-0.2, 0) is 10.0 Å². The Morgan fingerprint density at radius 3 is 2.39 bits per heavy atom. The second-order valence-corrected chi connectivity index (χ2v) is 8.10. The molecule has 0 unspecified atom stereocenters. The van der Waals surface area contributed by atoms with Crippen molar-refractivity contribution in [1.29, 1.82) is 0 Å². The highest BCUT2D eigenvalue weighted by atomic mass is 35.5. The first-order valence-electron chi connectivity index (χ1n) is 7.81. The van der Waals surface area contributed by atoms with Crippen molar-refractivity contribution in [2.24, 2.45) is 16.0 Å². The molecule has 11 heteroatoms. The van der Waals surface area contributed by atoms with Gasteiger partial charge in [0.25, 0.3) is 0 Å². The number of aromatic nitrogens is 2. The van der Waals surface area contributed by atoms with Gasteiger partial charge >= 0.3 is 0 Å². The van der Waals surface area contributed by atoms with Gasteiger partial charge in [-0.1, -0.05) is 23.7 Å². The molecule has 0 aliphatic rings. The van der Waals surface area contributed by atoms with Crippen LogP contribution in [0.2, 0.25) is 5.02 Å². The smallest absolute Gasteiger partial charge is 0.238 e. The molecule has 28 heavy (non-hydrogen) atoms. The first-order chi connectivity index (χ1) is 13.2. The van der Waals surface area contributed by atoms with E-state index in [0.29, 0.717) is 22.0 Å². The van der Waals surface area contributed by atoms with Crippen LogP contribution in [0.25, 0.3) is 16.9 Å². The number of benzene rings is 2. The first kappa shape index (κ1) is 20.0. The second kappa shape index (κ2) is 8.07. The van der Waals surface area contributed by atoms with E-state index in [4.69, 9.17) is 34.7 Å². The molecule has 0 radical (unpaired) electrons. The third kappa shape index (κ3) is 4.73. The molecule has 0 bridgehead atoms. The van der Waals surface area contributed by atoms with Gasteiger partial charge in [0.15, 0.2) is 5.11 Å². The Labute approximate surface area is 171 Å². The topological polar surface area (TPSA) is 128 Å². The molecular formula is C17H15ClN6O2S2. The Balaban J connectivity index is 2.04. The van der Waals surface area contributed by atoms with E-state index < -0.39 is 10.0 Å². The van der Waals surface area contributed by atoms with Crippen molar-refractivity contribution < 1.29 is 8.42 Å². The minimum atomic E-state index is -3.77. The maximum absolute atomic E-state index is 11.4. The van der Waals surface area contributed by atoms with E-state index in [1.807, 2.05) is 12.1 Å². The van der Waals surface area contributed by atoms with Crippen LogP contribution in [-0.4, -0.2) is 29.5 Å². The van der Waals surface area contributed by atoms with Crippen molar-refractivity contribution in [3.63, 3.8) is 0 Å². The van der Waals surface area contributed by atoms with Crippen molar-refractivity contribution in [3.05, 3.63) is 65.3 Å². The molecular weight excluding hydrogens is 420 g/mol. The van der Waals surface area contributed by atoms with E-state index in [2.05, 4.69) is 15.6 Å². The fourth-order valence-electron chi connectivity index (χ4n) is 2.40. The zero-order valence-corrected chi connectivity index (χ0v) is 16.7. The Bertz CT molecular complexity index is 1140. The van der Waals surface area contributed by atoms with Gasteiger partial charge in [-0.05, 0) is 48.6 Å². The molecule has 3 rings (SSSR count). The largest absolute Gasteiger partial charge is 0.375 e. The van der Waals surface area contributed by atoms with Gasteiger partial charge in [-0.15, -0.1) is 0 Å². The molecule has 0 spiro atoms. The van der Waals surface area contributed by atoms with Gasteiger partial charge in [0.05, 0.1) is 16.8 Å². The summed E-state index contributed by atoms with van der Waals surface area (Å²) in [6, 6.07) is 13.2. The standard InChI is InChI=1S/C17H15ClN6O2S2/c18-13-3-1-11(2-4-13)16-12(9-21-22-17(19)27)10-24(23-16)14-5-7-15(8-6-14)28(20,25)26/h1-10H,(H3,19,22,27)(H2,20,25,26)/b21-9+. The third-order valence-corrected chi connectivity index (χ3v) is 4.94. The Morgan fingerprint density at radius 2 is 1.82 bits per heavy atom. The number of thiocarbonyl (C=S) groups is 1. The monoisotopic (exact) mass is 434 g/mol. The van der Waals surface area contributed by atoms with Crippen molar-refractivity contribution in [2.45, 2.75) is 4.90 Å². The van der Waals surface area contributed by atoms with Crippen LogP contribution in [0.15, 0.2) is 64.7 Å². The third-order valence-electron chi connectivity index (χ3n) is 3.67. The molecule has 2 aromatic carbocycles. The van der Waals surface area contributed by atoms with Crippen LogP contribution in [0.3, 0.4) is 0 Å². The van der Waals surface area contributed by atoms with Crippen LogP contribution in [0.5, 0.6) is 0 Å². The predicted molar refractivity (Wildman–Crippen MR) is 113 cm³/mol. The summed E-state index contributed by atoms with van der Waals surface area (Å²) < 4.78 is 24.4. The lowest BCUT2D eigenvalue weighted by Crippen LogP contribution is -2.24. The summed E-state index contributed by atoms with van der Waals surface area (Å²) in [5.41, 5.74) is 10.7. The lowest BCUT2D eigenvalue weighted by molar-refractivity contribution is 0.598.